The number of hydrogen-bond acceptors (Lipinski definition) is 7. The molecule has 1 unspecified atom stereocenters. The minimum atomic E-state index is -4.03. The number of amides is 1. The first-order chi connectivity index (χ1) is 17.7. The van der Waals surface area contributed by atoms with Crippen LogP contribution in [0.2, 0.25) is 0 Å². The zero-order valence-corrected chi connectivity index (χ0v) is 21.9. The molecule has 3 heterocycles. The Labute approximate surface area is 216 Å². The van der Waals surface area contributed by atoms with Crippen molar-refractivity contribution in [1.82, 2.24) is 19.5 Å². The molecule has 1 saturated heterocycles. The number of carbonyl (C=O) groups is 1. The normalized spacial score (nSPS) is 21.1. The molecule has 1 N–H and O–H groups in total. The molecule has 2 aliphatic carbocycles. The molecule has 1 aliphatic heterocycles. The maximum Gasteiger partial charge on any atom is 0.268 e. The third-order valence-corrected chi connectivity index (χ3v) is 9.37. The van der Waals surface area contributed by atoms with Crippen LogP contribution >= 0.6 is 0 Å². The van der Waals surface area contributed by atoms with Crippen LogP contribution in [0.4, 0.5) is 5.82 Å². The van der Waals surface area contributed by atoms with Gasteiger partial charge in [-0.1, -0.05) is 18.2 Å². The maximum atomic E-state index is 13.3. The molecule has 6 rings (SSSR count). The molecule has 37 heavy (non-hydrogen) atoms. The van der Waals surface area contributed by atoms with Crippen LogP contribution in [0.25, 0.3) is 5.82 Å². The van der Waals surface area contributed by atoms with Gasteiger partial charge < -0.3 is 9.64 Å². The van der Waals surface area contributed by atoms with Gasteiger partial charge in [0.25, 0.3) is 15.9 Å². The van der Waals surface area contributed by atoms with Crippen molar-refractivity contribution in [2.24, 2.45) is 11.3 Å². The van der Waals surface area contributed by atoms with Gasteiger partial charge in [-0.2, -0.15) is 0 Å². The molecule has 3 fully saturated rings. The van der Waals surface area contributed by atoms with Crippen molar-refractivity contribution < 1.29 is 17.9 Å². The highest BCUT2D eigenvalue weighted by atomic mass is 32.2. The lowest BCUT2D eigenvalue weighted by Gasteiger charge is -2.34. The van der Waals surface area contributed by atoms with Crippen LogP contribution in [0.15, 0.2) is 59.6 Å². The summed E-state index contributed by atoms with van der Waals surface area (Å²) in [6.07, 6.45) is 7.57. The van der Waals surface area contributed by atoms with Crippen molar-refractivity contribution in [2.75, 3.05) is 18.1 Å². The molecule has 1 aromatic carbocycles. The van der Waals surface area contributed by atoms with Gasteiger partial charge in [0.1, 0.15) is 5.82 Å². The molecule has 1 atom stereocenters. The second kappa shape index (κ2) is 8.58. The molecule has 3 aliphatic rings. The van der Waals surface area contributed by atoms with Gasteiger partial charge in [-0.25, -0.2) is 22.8 Å². The summed E-state index contributed by atoms with van der Waals surface area (Å²) < 4.78 is 35.4. The number of hydrogen-bond donors (Lipinski definition) is 1. The molecule has 3 aromatic rings. The molecule has 1 spiro atoms. The van der Waals surface area contributed by atoms with Crippen LogP contribution in [0.3, 0.4) is 0 Å². The van der Waals surface area contributed by atoms with E-state index in [0.717, 1.165) is 12.8 Å². The van der Waals surface area contributed by atoms with Gasteiger partial charge in [0, 0.05) is 24.3 Å². The first-order valence-corrected chi connectivity index (χ1v) is 14.3. The lowest BCUT2D eigenvalue weighted by atomic mass is 10.0. The number of pyridine rings is 1. The van der Waals surface area contributed by atoms with Crippen LogP contribution in [0.5, 0.6) is 5.88 Å². The number of benzene rings is 1. The average Bonchev–Trinajstić information content (AvgIpc) is 3.69. The SMILES string of the molecule is CC1(C)CCCN1c1nc(-n2ccc(OCC3CC34CC4)n2)ccc1C(=O)NS(=O)(=O)c1ccccc1. The van der Waals surface area contributed by atoms with E-state index in [1.165, 1.54) is 31.4 Å². The first kappa shape index (κ1) is 24.0. The van der Waals surface area contributed by atoms with E-state index in [4.69, 9.17) is 9.72 Å². The quantitative estimate of drug-likeness (QED) is 0.478. The summed E-state index contributed by atoms with van der Waals surface area (Å²) >= 11 is 0. The van der Waals surface area contributed by atoms with Crippen LogP contribution < -0.4 is 14.4 Å². The van der Waals surface area contributed by atoms with Crippen LogP contribution in [0.1, 0.15) is 56.3 Å². The zero-order chi connectivity index (χ0) is 25.8. The Morgan fingerprint density at radius 1 is 1.11 bits per heavy atom. The van der Waals surface area contributed by atoms with Crippen molar-refractivity contribution in [3.63, 3.8) is 0 Å². The predicted octanol–water partition coefficient (Wildman–Crippen LogP) is 3.94. The van der Waals surface area contributed by atoms with Crippen molar-refractivity contribution >= 4 is 21.7 Å². The molecule has 0 bridgehead atoms. The predicted molar refractivity (Wildman–Crippen MR) is 138 cm³/mol. The van der Waals surface area contributed by atoms with E-state index < -0.39 is 15.9 Å². The Balaban J connectivity index is 1.28. The first-order valence-electron chi connectivity index (χ1n) is 12.8. The van der Waals surface area contributed by atoms with Crippen molar-refractivity contribution in [3.05, 3.63) is 60.3 Å². The van der Waals surface area contributed by atoms with Gasteiger partial charge in [-0.15, -0.1) is 5.10 Å². The van der Waals surface area contributed by atoms with Crippen molar-refractivity contribution in [1.29, 1.82) is 0 Å². The minimum absolute atomic E-state index is 0.0267. The third kappa shape index (κ3) is 4.58. The molecule has 194 valence electrons. The molecule has 10 heteroatoms. The summed E-state index contributed by atoms with van der Waals surface area (Å²) in [6.45, 7) is 5.60. The highest BCUT2D eigenvalue weighted by molar-refractivity contribution is 7.90. The summed E-state index contributed by atoms with van der Waals surface area (Å²) in [4.78, 5) is 20.2. The number of ether oxygens (including phenoxy) is 1. The van der Waals surface area contributed by atoms with Crippen LogP contribution in [0, 0.1) is 11.3 Å². The number of nitrogens with zero attached hydrogens (tertiary/aromatic N) is 4. The summed E-state index contributed by atoms with van der Waals surface area (Å²) in [5, 5.41) is 4.54. The lowest BCUT2D eigenvalue weighted by Crippen LogP contribution is -2.41. The summed E-state index contributed by atoms with van der Waals surface area (Å²) in [5.74, 6) is 1.43. The van der Waals surface area contributed by atoms with Gasteiger partial charge in [0.15, 0.2) is 5.82 Å². The monoisotopic (exact) mass is 521 g/mol. The molecule has 0 radical (unpaired) electrons. The van der Waals surface area contributed by atoms with Crippen LogP contribution in [-0.4, -0.2) is 47.8 Å². The van der Waals surface area contributed by atoms with E-state index in [1.807, 2.05) is 6.07 Å². The van der Waals surface area contributed by atoms with Gasteiger partial charge in [0.2, 0.25) is 5.88 Å². The smallest absolute Gasteiger partial charge is 0.268 e. The topological polar surface area (TPSA) is 106 Å². The number of rotatable bonds is 8. The van der Waals surface area contributed by atoms with Gasteiger partial charge in [-0.3, -0.25) is 4.79 Å². The van der Waals surface area contributed by atoms with E-state index >= 15 is 0 Å². The highest BCUT2D eigenvalue weighted by Gasteiger charge is 2.62. The van der Waals surface area contributed by atoms with Gasteiger partial charge >= 0.3 is 0 Å². The molecule has 9 nitrogen and oxygen atoms in total. The molecule has 1 amide bonds. The van der Waals surface area contributed by atoms with Gasteiger partial charge in [-0.05, 0) is 81.5 Å². The number of sulfonamides is 1. The standard InChI is InChI=1S/C27H31N5O4S/c1-26(2)12-6-15-31(26)24-21(25(33)30-37(34,35)20-7-4-3-5-8-20)9-10-22(28-24)32-16-11-23(29-32)36-18-19-17-27(19)13-14-27/h3-5,7-11,16,19H,6,12-15,17-18H2,1-2H3,(H,30,33). The number of aromatic nitrogens is 3. The Hall–Kier alpha value is -3.40. The largest absolute Gasteiger partial charge is 0.476 e. The Morgan fingerprint density at radius 2 is 1.89 bits per heavy atom. The zero-order valence-electron chi connectivity index (χ0n) is 21.1. The number of carbonyl (C=O) groups excluding carboxylic acids is 1. The third-order valence-electron chi connectivity index (χ3n) is 8.03. The van der Waals surface area contributed by atoms with E-state index in [0.29, 0.717) is 42.0 Å². The van der Waals surface area contributed by atoms with Crippen LogP contribution in [-0.2, 0) is 10.0 Å². The van der Waals surface area contributed by atoms with Crippen molar-refractivity contribution in [2.45, 2.75) is 56.4 Å². The van der Waals surface area contributed by atoms with E-state index in [-0.39, 0.29) is 16.0 Å². The fourth-order valence-electron chi connectivity index (χ4n) is 5.42. The molecular weight excluding hydrogens is 490 g/mol. The Kier molecular flexibility index (Phi) is 5.56. The highest BCUT2D eigenvalue weighted by Crippen LogP contribution is 2.70. The fourth-order valence-corrected chi connectivity index (χ4v) is 6.41. The van der Waals surface area contributed by atoms with E-state index in [1.54, 1.807) is 41.2 Å². The van der Waals surface area contributed by atoms with E-state index in [9.17, 15) is 13.2 Å². The minimum Gasteiger partial charge on any atom is -0.476 e. The second-order valence-electron chi connectivity index (χ2n) is 11.0. The second-order valence-corrected chi connectivity index (χ2v) is 12.7. The average molecular weight is 522 g/mol. The Bertz CT molecular complexity index is 1450. The number of anilines is 1. The van der Waals surface area contributed by atoms with E-state index in [2.05, 4.69) is 28.6 Å². The Morgan fingerprint density at radius 3 is 2.57 bits per heavy atom. The maximum absolute atomic E-state index is 13.3. The van der Waals surface area contributed by atoms with Crippen molar-refractivity contribution in [3.8, 4) is 11.7 Å². The lowest BCUT2D eigenvalue weighted by molar-refractivity contribution is 0.0981. The summed E-state index contributed by atoms with van der Waals surface area (Å²) in [5.41, 5.74) is 0.539. The fraction of sp³-hybridized carbons (Fsp3) is 0.444. The summed E-state index contributed by atoms with van der Waals surface area (Å²) in [6, 6.07) is 13.0. The number of nitrogens with one attached hydrogen (secondary N) is 1. The molecule has 2 aromatic heterocycles. The molecular formula is C27H31N5O4S. The van der Waals surface area contributed by atoms with Gasteiger partial charge in [0.05, 0.1) is 17.1 Å². The summed E-state index contributed by atoms with van der Waals surface area (Å²) in [7, 11) is -4.03. The molecule has 2 saturated carbocycles.